The lowest BCUT2D eigenvalue weighted by atomic mass is 10.1. The van der Waals surface area contributed by atoms with Gasteiger partial charge < -0.3 is 9.67 Å². The van der Waals surface area contributed by atoms with Gasteiger partial charge in [-0.25, -0.2) is 4.98 Å². The topological polar surface area (TPSA) is 38.1 Å². The molecule has 1 aromatic heterocycles. The normalized spacial score (nSPS) is 11.6. The van der Waals surface area contributed by atoms with E-state index in [9.17, 15) is 5.11 Å². The molecule has 0 spiro atoms. The summed E-state index contributed by atoms with van der Waals surface area (Å²) in [5.41, 5.74) is 3.35. The lowest BCUT2D eigenvalue weighted by Crippen LogP contribution is -2.07. The molecule has 3 nitrogen and oxygen atoms in total. The molecule has 0 bridgehead atoms. The SMILES string of the molecule is CC(O)c1nccn1CCCc1ccc(C#Cc2ccccc2)cc1. The van der Waals surface area contributed by atoms with Crippen molar-refractivity contribution < 1.29 is 5.11 Å². The molecule has 0 amide bonds. The van der Waals surface area contributed by atoms with Crippen molar-refractivity contribution in [2.45, 2.75) is 32.4 Å². The van der Waals surface area contributed by atoms with Crippen molar-refractivity contribution >= 4 is 0 Å². The third-order valence-electron chi connectivity index (χ3n) is 4.06. The van der Waals surface area contributed by atoms with Gasteiger partial charge in [0.15, 0.2) is 0 Å². The van der Waals surface area contributed by atoms with Gasteiger partial charge in [-0.05, 0) is 49.6 Å². The van der Waals surface area contributed by atoms with Crippen LogP contribution in [0.3, 0.4) is 0 Å². The van der Waals surface area contributed by atoms with E-state index in [0.717, 1.165) is 36.3 Å². The molecule has 1 heterocycles. The Morgan fingerprint density at radius 1 is 1.00 bits per heavy atom. The highest BCUT2D eigenvalue weighted by Crippen LogP contribution is 2.12. The number of nitrogens with zero attached hydrogens (tertiary/aromatic N) is 2. The maximum atomic E-state index is 9.68. The van der Waals surface area contributed by atoms with Gasteiger partial charge >= 0.3 is 0 Å². The lowest BCUT2D eigenvalue weighted by Gasteiger charge is -2.09. The zero-order chi connectivity index (χ0) is 17.5. The Labute approximate surface area is 149 Å². The number of hydrogen-bond acceptors (Lipinski definition) is 2. The summed E-state index contributed by atoms with van der Waals surface area (Å²) in [6.45, 7) is 2.60. The van der Waals surface area contributed by atoms with Crippen LogP contribution < -0.4 is 0 Å². The maximum absolute atomic E-state index is 9.68. The Hall–Kier alpha value is -2.83. The van der Waals surface area contributed by atoms with Crippen LogP contribution >= 0.6 is 0 Å². The smallest absolute Gasteiger partial charge is 0.137 e. The van der Waals surface area contributed by atoms with Crippen molar-refractivity contribution in [3.8, 4) is 11.8 Å². The quantitative estimate of drug-likeness (QED) is 0.719. The molecule has 1 atom stereocenters. The van der Waals surface area contributed by atoms with Crippen LogP contribution in [0.2, 0.25) is 0 Å². The molecule has 0 aliphatic rings. The van der Waals surface area contributed by atoms with Gasteiger partial charge in [-0.1, -0.05) is 42.2 Å². The van der Waals surface area contributed by atoms with Crippen LogP contribution in [0.4, 0.5) is 0 Å². The molecule has 0 saturated carbocycles. The van der Waals surface area contributed by atoms with Gasteiger partial charge in [-0.2, -0.15) is 0 Å². The van der Waals surface area contributed by atoms with Crippen LogP contribution in [-0.2, 0) is 13.0 Å². The lowest BCUT2D eigenvalue weighted by molar-refractivity contribution is 0.183. The van der Waals surface area contributed by atoms with E-state index in [4.69, 9.17) is 0 Å². The number of aromatic nitrogens is 2. The molecule has 3 rings (SSSR count). The molecule has 1 N–H and O–H groups in total. The molecule has 0 saturated heterocycles. The van der Waals surface area contributed by atoms with E-state index in [0.29, 0.717) is 0 Å². The molecule has 2 aromatic carbocycles. The van der Waals surface area contributed by atoms with Crippen LogP contribution in [0.15, 0.2) is 67.0 Å². The number of aliphatic hydroxyl groups is 1. The number of aliphatic hydroxyl groups excluding tert-OH is 1. The molecule has 126 valence electrons. The van der Waals surface area contributed by atoms with Crippen LogP contribution in [0.1, 0.15) is 42.0 Å². The number of aryl methyl sites for hydroxylation is 2. The zero-order valence-electron chi connectivity index (χ0n) is 14.4. The summed E-state index contributed by atoms with van der Waals surface area (Å²) in [6.07, 6.45) is 5.12. The molecular weight excluding hydrogens is 308 g/mol. The van der Waals surface area contributed by atoms with Crippen molar-refractivity contribution in [1.82, 2.24) is 9.55 Å². The molecule has 1 unspecified atom stereocenters. The van der Waals surface area contributed by atoms with Crippen molar-refractivity contribution in [3.05, 3.63) is 89.5 Å². The molecule has 0 aliphatic carbocycles. The predicted octanol–water partition coefficient (Wildman–Crippen LogP) is 3.97. The minimum Gasteiger partial charge on any atom is -0.385 e. The summed E-state index contributed by atoms with van der Waals surface area (Å²) in [5, 5.41) is 9.68. The highest BCUT2D eigenvalue weighted by atomic mass is 16.3. The summed E-state index contributed by atoms with van der Waals surface area (Å²) in [4.78, 5) is 4.20. The van der Waals surface area contributed by atoms with Crippen LogP contribution in [0.25, 0.3) is 0 Å². The largest absolute Gasteiger partial charge is 0.385 e. The van der Waals surface area contributed by atoms with E-state index in [1.54, 1.807) is 13.1 Å². The van der Waals surface area contributed by atoms with Crippen LogP contribution in [-0.4, -0.2) is 14.7 Å². The Bertz CT molecular complexity index is 852. The fourth-order valence-corrected chi connectivity index (χ4v) is 2.75. The summed E-state index contributed by atoms with van der Waals surface area (Å²) >= 11 is 0. The van der Waals surface area contributed by atoms with Gasteiger partial charge in [0.25, 0.3) is 0 Å². The summed E-state index contributed by atoms with van der Waals surface area (Å²) in [7, 11) is 0. The van der Waals surface area contributed by atoms with Crippen molar-refractivity contribution in [2.24, 2.45) is 0 Å². The highest BCUT2D eigenvalue weighted by molar-refractivity contribution is 5.43. The van der Waals surface area contributed by atoms with Crippen LogP contribution in [0.5, 0.6) is 0 Å². The number of rotatable bonds is 5. The van der Waals surface area contributed by atoms with E-state index in [-0.39, 0.29) is 0 Å². The third kappa shape index (κ3) is 4.82. The van der Waals surface area contributed by atoms with E-state index >= 15 is 0 Å². The number of imidazole rings is 1. The number of benzene rings is 2. The monoisotopic (exact) mass is 330 g/mol. The molecule has 0 fully saturated rings. The Morgan fingerprint density at radius 2 is 1.68 bits per heavy atom. The first-order chi connectivity index (χ1) is 12.2. The van der Waals surface area contributed by atoms with Gasteiger partial charge in [-0.15, -0.1) is 0 Å². The van der Waals surface area contributed by atoms with E-state index in [1.807, 2.05) is 41.1 Å². The molecule has 0 radical (unpaired) electrons. The fourth-order valence-electron chi connectivity index (χ4n) is 2.75. The summed E-state index contributed by atoms with van der Waals surface area (Å²) in [6, 6.07) is 18.4. The van der Waals surface area contributed by atoms with Crippen molar-refractivity contribution in [3.63, 3.8) is 0 Å². The molecule has 25 heavy (non-hydrogen) atoms. The Balaban J connectivity index is 1.54. The van der Waals surface area contributed by atoms with Gasteiger partial charge in [-0.3, -0.25) is 0 Å². The third-order valence-corrected chi connectivity index (χ3v) is 4.06. The Kier molecular flexibility index (Phi) is 5.66. The standard InChI is InChI=1S/C22H22N2O/c1-18(25)22-23-15-17-24(22)16-5-8-20-10-13-21(14-11-20)12-9-19-6-3-2-4-7-19/h2-4,6-7,10-11,13-15,17-18,25H,5,8,16H2,1H3. The minimum atomic E-state index is -0.530. The summed E-state index contributed by atoms with van der Waals surface area (Å²) in [5.74, 6) is 7.10. The molecule has 3 heteroatoms. The van der Waals surface area contributed by atoms with E-state index in [1.165, 1.54) is 5.56 Å². The molecule has 0 aliphatic heterocycles. The zero-order valence-corrected chi connectivity index (χ0v) is 14.4. The fraction of sp³-hybridized carbons (Fsp3) is 0.227. The van der Waals surface area contributed by atoms with Gasteiger partial charge in [0.1, 0.15) is 11.9 Å². The number of hydrogen-bond donors (Lipinski definition) is 1. The highest BCUT2D eigenvalue weighted by Gasteiger charge is 2.07. The van der Waals surface area contributed by atoms with Gasteiger partial charge in [0.2, 0.25) is 0 Å². The van der Waals surface area contributed by atoms with Crippen molar-refractivity contribution in [1.29, 1.82) is 0 Å². The second-order valence-corrected chi connectivity index (χ2v) is 6.07. The first-order valence-electron chi connectivity index (χ1n) is 8.57. The minimum absolute atomic E-state index is 0.530. The van der Waals surface area contributed by atoms with Crippen LogP contribution in [0, 0.1) is 11.8 Å². The Morgan fingerprint density at radius 3 is 2.36 bits per heavy atom. The van der Waals surface area contributed by atoms with E-state index in [2.05, 4.69) is 41.1 Å². The van der Waals surface area contributed by atoms with E-state index < -0.39 is 6.10 Å². The van der Waals surface area contributed by atoms with Crippen molar-refractivity contribution in [2.75, 3.05) is 0 Å². The maximum Gasteiger partial charge on any atom is 0.137 e. The molecular formula is C22H22N2O. The summed E-state index contributed by atoms with van der Waals surface area (Å²) < 4.78 is 2.02. The first kappa shape index (κ1) is 17.0. The van der Waals surface area contributed by atoms with Gasteiger partial charge in [0.05, 0.1) is 0 Å². The first-order valence-corrected chi connectivity index (χ1v) is 8.57. The average molecular weight is 330 g/mol. The second-order valence-electron chi connectivity index (χ2n) is 6.07. The predicted molar refractivity (Wildman–Crippen MR) is 100 cm³/mol. The van der Waals surface area contributed by atoms with Gasteiger partial charge in [0, 0.05) is 30.1 Å². The molecule has 3 aromatic rings. The average Bonchev–Trinajstić information content (AvgIpc) is 3.11. The second kappa shape index (κ2) is 8.32.